The van der Waals surface area contributed by atoms with E-state index >= 15 is 0 Å². The molecule has 2 heterocycles. The van der Waals surface area contributed by atoms with Crippen molar-refractivity contribution in [2.45, 2.75) is 19.8 Å². The quantitative estimate of drug-likeness (QED) is 0.701. The monoisotopic (exact) mass is 237 g/mol. The first-order valence-corrected chi connectivity index (χ1v) is 6.18. The summed E-state index contributed by atoms with van der Waals surface area (Å²) in [7, 11) is 0. The van der Waals surface area contributed by atoms with Gasteiger partial charge in [0.1, 0.15) is 5.82 Å². The van der Waals surface area contributed by atoms with Gasteiger partial charge in [-0.25, -0.2) is 0 Å². The van der Waals surface area contributed by atoms with Crippen molar-refractivity contribution >= 4 is 5.65 Å². The van der Waals surface area contributed by atoms with Gasteiger partial charge < -0.3 is 0 Å². The van der Waals surface area contributed by atoms with Gasteiger partial charge in [0.25, 0.3) is 0 Å². The third-order valence-electron chi connectivity index (χ3n) is 3.21. The smallest absolute Gasteiger partial charge is 0.163 e. The number of fused-ring (bicyclic) bond motifs is 1. The highest BCUT2D eigenvalue weighted by Gasteiger charge is 2.05. The number of benzene rings is 1. The van der Waals surface area contributed by atoms with Crippen LogP contribution in [0, 0.1) is 6.92 Å². The highest BCUT2D eigenvalue weighted by molar-refractivity contribution is 5.47. The molecular weight excluding hydrogens is 222 g/mol. The molecule has 0 N–H and O–H groups in total. The summed E-state index contributed by atoms with van der Waals surface area (Å²) in [5, 5.41) is 8.37. The maximum Gasteiger partial charge on any atom is 0.163 e. The van der Waals surface area contributed by atoms with Crippen molar-refractivity contribution in [2.24, 2.45) is 0 Å². The highest BCUT2D eigenvalue weighted by Crippen LogP contribution is 2.13. The van der Waals surface area contributed by atoms with Gasteiger partial charge in [0.05, 0.1) is 0 Å². The Morgan fingerprint density at radius 1 is 0.944 bits per heavy atom. The van der Waals surface area contributed by atoms with Crippen LogP contribution < -0.4 is 0 Å². The molecule has 0 atom stereocenters. The molecule has 0 spiro atoms. The van der Waals surface area contributed by atoms with E-state index in [-0.39, 0.29) is 0 Å². The van der Waals surface area contributed by atoms with Crippen molar-refractivity contribution in [3.63, 3.8) is 0 Å². The minimum absolute atomic E-state index is 0.937. The van der Waals surface area contributed by atoms with Crippen LogP contribution in [-0.4, -0.2) is 14.6 Å². The fourth-order valence-corrected chi connectivity index (χ4v) is 2.21. The summed E-state index contributed by atoms with van der Waals surface area (Å²) in [6.07, 6.45) is 4.04. The molecule has 1 aromatic carbocycles. The van der Waals surface area contributed by atoms with E-state index in [4.69, 9.17) is 0 Å². The van der Waals surface area contributed by atoms with Crippen LogP contribution in [0.5, 0.6) is 0 Å². The number of aryl methyl sites for hydroxylation is 3. The Labute approximate surface area is 106 Å². The van der Waals surface area contributed by atoms with E-state index in [0.717, 1.165) is 24.3 Å². The molecule has 0 aliphatic rings. The van der Waals surface area contributed by atoms with Crippen LogP contribution >= 0.6 is 0 Å². The van der Waals surface area contributed by atoms with Crippen molar-refractivity contribution in [3.8, 4) is 0 Å². The zero-order chi connectivity index (χ0) is 12.4. The Hall–Kier alpha value is -2.16. The Morgan fingerprint density at radius 3 is 2.61 bits per heavy atom. The molecule has 3 heteroatoms. The lowest BCUT2D eigenvalue weighted by atomic mass is 10.1. The Kier molecular flexibility index (Phi) is 2.81. The van der Waals surface area contributed by atoms with Crippen molar-refractivity contribution in [2.75, 3.05) is 0 Å². The van der Waals surface area contributed by atoms with Crippen molar-refractivity contribution < 1.29 is 0 Å². The van der Waals surface area contributed by atoms with Crippen LogP contribution in [-0.2, 0) is 12.8 Å². The van der Waals surface area contributed by atoms with E-state index in [2.05, 4.69) is 46.6 Å². The Balaban J connectivity index is 1.87. The number of hydrogen-bond acceptors (Lipinski definition) is 2. The van der Waals surface area contributed by atoms with Crippen molar-refractivity contribution in [1.29, 1.82) is 0 Å². The number of aromatic nitrogens is 3. The maximum atomic E-state index is 4.24. The number of nitrogens with zero attached hydrogens (tertiary/aromatic N) is 3. The summed E-state index contributed by atoms with van der Waals surface area (Å²) in [5.74, 6) is 0.937. The van der Waals surface area contributed by atoms with Crippen LogP contribution in [0.1, 0.15) is 17.0 Å². The third-order valence-corrected chi connectivity index (χ3v) is 3.21. The molecule has 0 amide bonds. The summed E-state index contributed by atoms with van der Waals surface area (Å²) in [6, 6.07) is 14.7. The maximum absolute atomic E-state index is 4.24. The minimum Gasteiger partial charge on any atom is -0.286 e. The van der Waals surface area contributed by atoms with Crippen LogP contribution in [0.15, 0.2) is 48.7 Å². The number of hydrogen-bond donors (Lipinski definition) is 0. The number of rotatable bonds is 3. The van der Waals surface area contributed by atoms with E-state index in [0.29, 0.717) is 0 Å². The molecule has 90 valence electrons. The fourth-order valence-electron chi connectivity index (χ4n) is 2.21. The summed E-state index contributed by atoms with van der Waals surface area (Å²) < 4.78 is 2.04. The fraction of sp³-hybridized carbons (Fsp3) is 0.200. The van der Waals surface area contributed by atoms with Gasteiger partial charge in [0, 0.05) is 6.20 Å². The summed E-state index contributed by atoms with van der Waals surface area (Å²) in [6.45, 7) is 1.97. The molecule has 0 fully saturated rings. The Morgan fingerprint density at radius 2 is 1.78 bits per heavy atom. The average Bonchev–Trinajstić information content (AvgIpc) is 2.80. The van der Waals surface area contributed by atoms with Gasteiger partial charge in [-0.3, -0.25) is 4.40 Å². The zero-order valence-corrected chi connectivity index (χ0v) is 10.4. The summed E-state index contributed by atoms with van der Waals surface area (Å²) in [4.78, 5) is 0. The van der Waals surface area contributed by atoms with Gasteiger partial charge in [-0.2, -0.15) is 0 Å². The SMILES string of the molecule is Cc1nnc2c(CCc3ccccc3)cccn12. The normalized spacial score (nSPS) is 10.9. The highest BCUT2D eigenvalue weighted by atomic mass is 15.2. The molecule has 0 saturated heterocycles. The standard InChI is InChI=1S/C15H15N3/c1-12-16-17-15-14(8-5-11-18(12)15)10-9-13-6-3-2-4-7-13/h2-8,11H,9-10H2,1H3. The van der Waals surface area contributed by atoms with Gasteiger partial charge in [0.15, 0.2) is 5.65 Å². The second kappa shape index (κ2) is 4.61. The van der Waals surface area contributed by atoms with Gasteiger partial charge in [-0.05, 0) is 37.0 Å². The lowest BCUT2D eigenvalue weighted by molar-refractivity contribution is 0.948. The molecular formula is C15H15N3. The molecule has 18 heavy (non-hydrogen) atoms. The molecule has 0 aliphatic heterocycles. The predicted molar refractivity (Wildman–Crippen MR) is 71.6 cm³/mol. The molecule has 0 unspecified atom stereocenters. The molecule has 0 aliphatic carbocycles. The van der Waals surface area contributed by atoms with E-state index in [1.165, 1.54) is 11.1 Å². The van der Waals surface area contributed by atoms with Crippen LogP contribution in [0.3, 0.4) is 0 Å². The first kappa shape index (κ1) is 11.0. The van der Waals surface area contributed by atoms with Crippen molar-refractivity contribution in [1.82, 2.24) is 14.6 Å². The Bertz CT molecular complexity index is 656. The van der Waals surface area contributed by atoms with E-state index < -0.39 is 0 Å². The molecule has 3 rings (SSSR count). The predicted octanol–water partition coefficient (Wildman–Crippen LogP) is 2.82. The molecule has 3 aromatic rings. The topological polar surface area (TPSA) is 30.2 Å². The second-order valence-electron chi connectivity index (χ2n) is 4.46. The zero-order valence-electron chi connectivity index (χ0n) is 10.4. The van der Waals surface area contributed by atoms with Crippen LogP contribution in [0.25, 0.3) is 5.65 Å². The summed E-state index contributed by atoms with van der Waals surface area (Å²) in [5.41, 5.74) is 3.59. The van der Waals surface area contributed by atoms with Gasteiger partial charge in [0.2, 0.25) is 0 Å². The van der Waals surface area contributed by atoms with Crippen LogP contribution in [0.4, 0.5) is 0 Å². The van der Waals surface area contributed by atoms with Crippen molar-refractivity contribution in [3.05, 3.63) is 65.6 Å². The van der Waals surface area contributed by atoms with Gasteiger partial charge in [-0.1, -0.05) is 36.4 Å². The van der Waals surface area contributed by atoms with Crippen LogP contribution in [0.2, 0.25) is 0 Å². The second-order valence-corrected chi connectivity index (χ2v) is 4.46. The molecule has 0 radical (unpaired) electrons. The van der Waals surface area contributed by atoms with E-state index in [1.54, 1.807) is 0 Å². The average molecular weight is 237 g/mol. The first-order chi connectivity index (χ1) is 8.84. The van der Waals surface area contributed by atoms with E-state index in [1.807, 2.05) is 23.6 Å². The third kappa shape index (κ3) is 1.99. The first-order valence-electron chi connectivity index (χ1n) is 6.18. The largest absolute Gasteiger partial charge is 0.286 e. The van der Waals surface area contributed by atoms with E-state index in [9.17, 15) is 0 Å². The lowest BCUT2D eigenvalue weighted by Crippen LogP contribution is -1.96. The molecule has 3 nitrogen and oxygen atoms in total. The molecule has 2 aromatic heterocycles. The lowest BCUT2D eigenvalue weighted by Gasteiger charge is -2.03. The minimum atomic E-state index is 0.937. The molecule has 0 saturated carbocycles. The molecule has 0 bridgehead atoms. The van der Waals surface area contributed by atoms with Gasteiger partial charge in [-0.15, -0.1) is 10.2 Å². The number of pyridine rings is 1. The summed E-state index contributed by atoms with van der Waals surface area (Å²) >= 11 is 0. The van der Waals surface area contributed by atoms with Gasteiger partial charge >= 0.3 is 0 Å².